The molecule has 5 rings (SSSR count). The van der Waals surface area contributed by atoms with E-state index in [-0.39, 0.29) is 24.2 Å². The van der Waals surface area contributed by atoms with Crippen LogP contribution in [0.5, 0.6) is 5.75 Å². The molecule has 0 saturated heterocycles. The number of hydrogen-bond donors (Lipinski definition) is 2. The van der Waals surface area contributed by atoms with Crippen LogP contribution in [0.2, 0.25) is 0 Å². The van der Waals surface area contributed by atoms with E-state index in [0.717, 1.165) is 38.2 Å². The lowest BCUT2D eigenvalue weighted by Gasteiger charge is -2.15. The Balaban J connectivity index is 1.30. The summed E-state index contributed by atoms with van der Waals surface area (Å²) in [6, 6.07) is 13.7. The highest BCUT2D eigenvalue weighted by atomic mass is 79.9. The van der Waals surface area contributed by atoms with Gasteiger partial charge in [-0.1, -0.05) is 19.1 Å². The highest BCUT2D eigenvalue weighted by molar-refractivity contribution is 9.10. The van der Waals surface area contributed by atoms with E-state index in [1.54, 1.807) is 26.1 Å². The summed E-state index contributed by atoms with van der Waals surface area (Å²) in [5, 5.41) is 9.91. The smallest absolute Gasteiger partial charge is 0.153 e. The molecular formula is C31H32BrFN6O3S2. The highest BCUT2D eigenvalue weighted by Crippen LogP contribution is 2.33. The van der Waals surface area contributed by atoms with E-state index in [2.05, 4.69) is 41.5 Å². The van der Waals surface area contributed by atoms with Crippen LogP contribution >= 0.6 is 27.3 Å². The number of benzene rings is 2. The third-order valence-electron chi connectivity index (χ3n) is 6.99. The normalized spacial score (nSPS) is 12.5. The monoisotopic (exact) mass is 698 g/mol. The Hall–Kier alpha value is -3.52. The largest absolute Gasteiger partial charge is 0.488 e. The van der Waals surface area contributed by atoms with Crippen LogP contribution in [0.15, 0.2) is 70.9 Å². The van der Waals surface area contributed by atoms with Crippen molar-refractivity contribution in [1.82, 2.24) is 25.3 Å². The number of anilines is 2. The van der Waals surface area contributed by atoms with Gasteiger partial charge in [-0.25, -0.2) is 27.8 Å². The number of sulfone groups is 1. The molecule has 230 valence electrons. The quantitative estimate of drug-likeness (QED) is 0.131. The van der Waals surface area contributed by atoms with E-state index in [0.29, 0.717) is 29.3 Å². The van der Waals surface area contributed by atoms with Crippen LogP contribution in [-0.2, 0) is 16.4 Å². The molecule has 0 bridgehead atoms. The Labute approximate surface area is 268 Å². The van der Waals surface area contributed by atoms with Crippen LogP contribution in [0.3, 0.4) is 0 Å². The van der Waals surface area contributed by atoms with Gasteiger partial charge in [0.1, 0.15) is 35.3 Å². The molecule has 1 atom stereocenters. The summed E-state index contributed by atoms with van der Waals surface area (Å²) in [5.74, 6) is 1.01. The van der Waals surface area contributed by atoms with E-state index in [4.69, 9.17) is 9.72 Å². The van der Waals surface area contributed by atoms with Crippen molar-refractivity contribution in [3.63, 3.8) is 0 Å². The summed E-state index contributed by atoms with van der Waals surface area (Å²) in [5.41, 5.74) is 3.59. The molecule has 0 saturated carbocycles. The zero-order chi connectivity index (χ0) is 31.3. The molecule has 0 radical (unpaired) electrons. The van der Waals surface area contributed by atoms with Crippen LogP contribution in [0, 0.1) is 5.82 Å². The highest BCUT2D eigenvalue weighted by Gasteiger charge is 2.19. The molecule has 0 aliphatic rings. The number of halogens is 2. The Kier molecular flexibility index (Phi) is 10.2. The topological polar surface area (TPSA) is 119 Å². The standard InChI is InChI=1S/C31H32BrFN6O3S2/c1-4-25(34-10-11-44(40,41)19(2)3)31-39-28(17-43-31)26-14-23-27(15-35-26)36-18-37-30(23)38-22-8-9-29(24(32)13-22)42-16-20-6-5-7-21(33)12-20/h5-9,12-15,17-19,25,34H,4,10-11,16H2,1-3H3,(H,36,37,38). The second kappa shape index (κ2) is 14.1. The number of aromatic nitrogens is 4. The van der Waals surface area contributed by atoms with Gasteiger partial charge in [-0.05, 0) is 78.2 Å². The van der Waals surface area contributed by atoms with Crippen molar-refractivity contribution >= 4 is 59.5 Å². The van der Waals surface area contributed by atoms with Gasteiger partial charge < -0.3 is 15.4 Å². The molecule has 2 N–H and O–H groups in total. The van der Waals surface area contributed by atoms with E-state index >= 15 is 0 Å². The molecule has 0 spiro atoms. The number of nitrogens with zero attached hydrogens (tertiary/aromatic N) is 4. The molecule has 3 aromatic heterocycles. The van der Waals surface area contributed by atoms with Gasteiger partial charge in [0.25, 0.3) is 0 Å². The van der Waals surface area contributed by atoms with Crippen molar-refractivity contribution in [2.45, 2.75) is 45.1 Å². The summed E-state index contributed by atoms with van der Waals surface area (Å²) in [6.07, 6.45) is 3.95. The molecule has 0 aliphatic heterocycles. The van der Waals surface area contributed by atoms with Crippen molar-refractivity contribution in [2.75, 3.05) is 17.6 Å². The first kappa shape index (κ1) is 31.9. The number of pyridine rings is 1. The van der Waals surface area contributed by atoms with Crippen molar-refractivity contribution in [2.24, 2.45) is 0 Å². The zero-order valence-corrected chi connectivity index (χ0v) is 27.6. The van der Waals surface area contributed by atoms with Gasteiger partial charge in [0.05, 0.1) is 44.6 Å². The third-order valence-corrected chi connectivity index (χ3v) is 10.8. The first-order valence-corrected chi connectivity index (χ1v) is 17.5. The molecule has 0 amide bonds. The predicted molar refractivity (Wildman–Crippen MR) is 177 cm³/mol. The summed E-state index contributed by atoms with van der Waals surface area (Å²) >= 11 is 5.08. The van der Waals surface area contributed by atoms with Crippen molar-refractivity contribution in [3.8, 4) is 17.1 Å². The number of thiazole rings is 1. The SMILES string of the molecule is CCC(NCCS(=O)(=O)C(C)C)c1nc(-c2cc3c(Nc4ccc(OCc5cccc(F)c5)c(Br)c4)ncnc3cn2)cs1. The van der Waals surface area contributed by atoms with Gasteiger partial charge in [0, 0.05) is 23.0 Å². The lowest BCUT2D eigenvalue weighted by molar-refractivity contribution is 0.303. The second-order valence-electron chi connectivity index (χ2n) is 10.4. The maximum absolute atomic E-state index is 13.5. The Morgan fingerprint density at radius 2 is 1.91 bits per heavy atom. The molecule has 5 aromatic rings. The average molecular weight is 700 g/mol. The predicted octanol–water partition coefficient (Wildman–Crippen LogP) is 7.24. The first-order valence-electron chi connectivity index (χ1n) is 14.1. The third kappa shape index (κ3) is 7.76. The molecular weight excluding hydrogens is 667 g/mol. The molecule has 2 aromatic carbocycles. The minimum absolute atomic E-state index is 0.0589. The van der Waals surface area contributed by atoms with Gasteiger partial charge in [-0.3, -0.25) is 4.98 Å². The fourth-order valence-corrected chi connectivity index (χ4v) is 6.74. The van der Waals surface area contributed by atoms with Gasteiger partial charge in [-0.15, -0.1) is 11.3 Å². The molecule has 0 aliphatic carbocycles. The van der Waals surface area contributed by atoms with Crippen LogP contribution in [0.1, 0.15) is 43.8 Å². The van der Waals surface area contributed by atoms with Gasteiger partial charge in [0.15, 0.2) is 9.84 Å². The lowest BCUT2D eigenvalue weighted by atomic mass is 10.2. The van der Waals surface area contributed by atoms with Gasteiger partial charge in [-0.2, -0.15) is 0 Å². The minimum atomic E-state index is -3.12. The van der Waals surface area contributed by atoms with Gasteiger partial charge in [0.2, 0.25) is 0 Å². The van der Waals surface area contributed by atoms with Crippen LogP contribution in [0.4, 0.5) is 15.9 Å². The molecule has 9 nitrogen and oxygen atoms in total. The summed E-state index contributed by atoms with van der Waals surface area (Å²) in [4.78, 5) is 18.3. The Morgan fingerprint density at radius 1 is 1.07 bits per heavy atom. The summed E-state index contributed by atoms with van der Waals surface area (Å²) < 4.78 is 44.5. The fraction of sp³-hybridized carbons (Fsp3) is 0.290. The van der Waals surface area contributed by atoms with Crippen LogP contribution < -0.4 is 15.4 Å². The maximum atomic E-state index is 13.5. The number of ether oxygens (including phenoxy) is 1. The number of hydrogen-bond acceptors (Lipinski definition) is 10. The molecule has 0 fully saturated rings. The van der Waals surface area contributed by atoms with Crippen LogP contribution in [0.25, 0.3) is 22.3 Å². The summed E-state index contributed by atoms with van der Waals surface area (Å²) in [6.45, 7) is 6.05. The van der Waals surface area contributed by atoms with Crippen LogP contribution in [-0.4, -0.2) is 45.9 Å². The Bertz CT molecular complexity index is 1870. The maximum Gasteiger partial charge on any atom is 0.153 e. The summed E-state index contributed by atoms with van der Waals surface area (Å²) in [7, 11) is -3.12. The first-order chi connectivity index (χ1) is 21.1. The van der Waals surface area contributed by atoms with Gasteiger partial charge >= 0.3 is 0 Å². The van der Waals surface area contributed by atoms with Crippen molar-refractivity contribution in [3.05, 3.63) is 87.3 Å². The molecule has 1 unspecified atom stereocenters. The van der Waals surface area contributed by atoms with Crippen molar-refractivity contribution < 1.29 is 17.5 Å². The second-order valence-corrected chi connectivity index (χ2v) is 14.8. The van der Waals surface area contributed by atoms with E-state index < -0.39 is 15.1 Å². The average Bonchev–Trinajstić information content (AvgIpc) is 3.49. The minimum Gasteiger partial charge on any atom is -0.488 e. The Morgan fingerprint density at radius 3 is 2.66 bits per heavy atom. The van der Waals surface area contributed by atoms with E-state index in [9.17, 15) is 12.8 Å². The fourth-order valence-electron chi connectivity index (χ4n) is 4.40. The zero-order valence-electron chi connectivity index (χ0n) is 24.4. The molecule has 44 heavy (non-hydrogen) atoms. The van der Waals surface area contributed by atoms with E-state index in [1.165, 1.54) is 29.8 Å². The van der Waals surface area contributed by atoms with E-state index in [1.807, 2.05) is 42.6 Å². The number of nitrogens with one attached hydrogen (secondary N) is 2. The van der Waals surface area contributed by atoms with Crippen molar-refractivity contribution in [1.29, 1.82) is 0 Å². The molecule has 13 heteroatoms. The molecule has 3 heterocycles. The lowest BCUT2D eigenvalue weighted by Crippen LogP contribution is -2.29. The number of fused-ring (bicyclic) bond motifs is 1. The number of rotatable bonds is 13.